The quantitative estimate of drug-likeness (QED) is 0.792. The summed E-state index contributed by atoms with van der Waals surface area (Å²) in [5.41, 5.74) is 0.966. The smallest absolute Gasteiger partial charge is 0.224 e. The van der Waals surface area contributed by atoms with E-state index in [1.54, 1.807) is 6.20 Å². The van der Waals surface area contributed by atoms with Crippen LogP contribution in [0.25, 0.3) is 0 Å². The Labute approximate surface area is 131 Å². The standard InChI is InChI=1S/C16H24N4O2/c1-4-14(15-17-6-2-7-18-15)16(19-5-1)22-11-3-8-20-9-12-21-13-10-20/h1,4-5H,2-3,6-13H2,(H,17,18). The molecule has 0 unspecified atom stereocenters. The van der Waals surface area contributed by atoms with Crippen molar-refractivity contribution in [3.05, 3.63) is 23.9 Å². The van der Waals surface area contributed by atoms with E-state index in [2.05, 4.69) is 20.2 Å². The van der Waals surface area contributed by atoms with E-state index in [1.807, 2.05) is 12.1 Å². The van der Waals surface area contributed by atoms with Crippen molar-refractivity contribution in [2.24, 2.45) is 4.99 Å². The molecular weight excluding hydrogens is 280 g/mol. The van der Waals surface area contributed by atoms with Crippen LogP contribution < -0.4 is 10.1 Å². The fraction of sp³-hybridized carbons (Fsp3) is 0.625. The number of nitrogens with one attached hydrogen (secondary N) is 1. The molecule has 0 aromatic carbocycles. The van der Waals surface area contributed by atoms with Gasteiger partial charge in [0.05, 0.1) is 25.4 Å². The maximum atomic E-state index is 5.89. The minimum atomic E-state index is 0.675. The molecule has 0 saturated carbocycles. The van der Waals surface area contributed by atoms with Crippen molar-refractivity contribution in [2.75, 3.05) is 52.5 Å². The molecule has 0 aliphatic carbocycles. The summed E-state index contributed by atoms with van der Waals surface area (Å²) in [5.74, 6) is 1.58. The topological polar surface area (TPSA) is 59.0 Å². The molecule has 0 atom stereocenters. The van der Waals surface area contributed by atoms with Crippen molar-refractivity contribution in [3.63, 3.8) is 0 Å². The van der Waals surface area contributed by atoms with Crippen LogP contribution in [0, 0.1) is 0 Å². The molecule has 6 nitrogen and oxygen atoms in total. The lowest BCUT2D eigenvalue weighted by Crippen LogP contribution is -2.37. The molecule has 0 spiro atoms. The van der Waals surface area contributed by atoms with Crippen LogP contribution in [-0.2, 0) is 4.74 Å². The number of rotatable bonds is 6. The first-order chi connectivity index (χ1) is 10.9. The van der Waals surface area contributed by atoms with Gasteiger partial charge < -0.3 is 14.8 Å². The number of pyridine rings is 1. The van der Waals surface area contributed by atoms with Gasteiger partial charge in [0.25, 0.3) is 0 Å². The molecule has 1 aromatic heterocycles. The van der Waals surface area contributed by atoms with Crippen LogP contribution in [0.15, 0.2) is 23.3 Å². The summed E-state index contributed by atoms with van der Waals surface area (Å²) in [6, 6.07) is 3.94. The van der Waals surface area contributed by atoms with Gasteiger partial charge in [-0.3, -0.25) is 9.89 Å². The Hall–Kier alpha value is -1.66. The molecule has 0 bridgehead atoms. The molecule has 120 valence electrons. The molecule has 1 fully saturated rings. The summed E-state index contributed by atoms with van der Waals surface area (Å²) in [4.78, 5) is 11.3. The first kappa shape index (κ1) is 15.2. The number of ether oxygens (including phenoxy) is 2. The molecule has 2 aliphatic heterocycles. The highest BCUT2D eigenvalue weighted by atomic mass is 16.5. The summed E-state index contributed by atoms with van der Waals surface area (Å²) < 4.78 is 11.2. The summed E-state index contributed by atoms with van der Waals surface area (Å²) >= 11 is 0. The zero-order valence-electron chi connectivity index (χ0n) is 13.0. The molecular formula is C16H24N4O2. The molecule has 1 saturated heterocycles. The third-order valence-electron chi connectivity index (χ3n) is 3.88. The van der Waals surface area contributed by atoms with Crippen molar-refractivity contribution >= 4 is 5.84 Å². The summed E-state index contributed by atoms with van der Waals surface area (Å²) in [5, 5.41) is 3.33. The molecule has 6 heteroatoms. The molecule has 2 aliphatic rings. The number of aliphatic imine (C=N–C) groups is 1. The fourth-order valence-corrected chi connectivity index (χ4v) is 2.68. The van der Waals surface area contributed by atoms with Crippen LogP contribution >= 0.6 is 0 Å². The lowest BCUT2D eigenvalue weighted by atomic mass is 10.2. The second-order valence-electron chi connectivity index (χ2n) is 5.52. The number of aromatic nitrogens is 1. The van der Waals surface area contributed by atoms with Gasteiger partial charge >= 0.3 is 0 Å². The number of hydrogen-bond acceptors (Lipinski definition) is 6. The first-order valence-corrected chi connectivity index (χ1v) is 8.10. The molecule has 1 aromatic rings. The Morgan fingerprint density at radius 1 is 1.32 bits per heavy atom. The highest BCUT2D eigenvalue weighted by molar-refractivity contribution is 6.00. The van der Waals surface area contributed by atoms with Gasteiger partial charge in [0.1, 0.15) is 5.84 Å². The lowest BCUT2D eigenvalue weighted by molar-refractivity contribution is 0.0357. The van der Waals surface area contributed by atoms with Crippen LogP contribution in [-0.4, -0.2) is 68.3 Å². The number of amidine groups is 1. The van der Waals surface area contributed by atoms with Crippen LogP contribution in [0.3, 0.4) is 0 Å². The Morgan fingerprint density at radius 3 is 3.05 bits per heavy atom. The van der Waals surface area contributed by atoms with Gasteiger partial charge in [0.2, 0.25) is 5.88 Å². The van der Waals surface area contributed by atoms with Crippen LogP contribution in [0.2, 0.25) is 0 Å². The lowest BCUT2D eigenvalue weighted by Gasteiger charge is -2.26. The molecule has 3 rings (SSSR count). The van der Waals surface area contributed by atoms with Crippen molar-refractivity contribution in [2.45, 2.75) is 12.8 Å². The Morgan fingerprint density at radius 2 is 2.23 bits per heavy atom. The molecule has 3 heterocycles. The van der Waals surface area contributed by atoms with E-state index in [9.17, 15) is 0 Å². The second kappa shape index (κ2) is 8.10. The predicted molar refractivity (Wildman–Crippen MR) is 85.6 cm³/mol. The monoisotopic (exact) mass is 304 g/mol. The molecule has 1 N–H and O–H groups in total. The third-order valence-corrected chi connectivity index (χ3v) is 3.88. The van der Waals surface area contributed by atoms with Crippen LogP contribution in [0.4, 0.5) is 0 Å². The predicted octanol–water partition coefficient (Wildman–Crippen LogP) is 0.923. The maximum absolute atomic E-state index is 5.89. The second-order valence-corrected chi connectivity index (χ2v) is 5.52. The van der Waals surface area contributed by atoms with Crippen molar-refractivity contribution in [1.82, 2.24) is 15.2 Å². The van der Waals surface area contributed by atoms with Crippen LogP contribution in [0.1, 0.15) is 18.4 Å². The van der Waals surface area contributed by atoms with Gasteiger partial charge in [-0.25, -0.2) is 4.98 Å². The SMILES string of the molecule is c1cnc(OCCCN2CCOCC2)c(C2=NCCCN2)c1. The Bertz CT molecular complexity index is 501. The van der Waals surface area contributed by atoms with E-state index >= 15 is 0 Å². The van der Waals surface area contributed by atoms with Gasteiger partial charge in [-0.2, -0.15) is 0 Å². The van der Waals surface area contributed by atoms with E-state index < -0.39 is 0 Å². The highest BCUT2D eigenvalue weighted by Crippen LogP contribution is 2.16. The first-order valence-electron chi connectivity index (χ1n) is 8.10. The van der Waals surface area contributed by atoms with E-state index in [1.165, 1.54) is 0 Å². The van der Waals surface area contributed by atoms with Gasteiger partial charge in [-0.1, -0.05) is 0 Å². The van der Waals surface area contributed by atoms with Gasteiger partial charge in [0.15, 0.2) is 0 Å². The Kier molecular flexibility index (Phi) is 5.61. The van der Waals surface area contributed by atoms with Crippen molar-refractivity contribution < 1.29 is 9.47 Å². The largest absolute Gasteiger partial charge is 0.477 e. The minimum Gasteiger partial charge on any atom is -0.477 e. The van der Waals surface area contributed by atoms with Crippen molar-refractivity contribution in [3.8, 4) is 5.88 Å². The zero-order valence-corrected chi connectivity index (χ0v) is 13.0. The van der Waals surface area contributed by atoms with Gasteiger partial charge in [-0.15, -0.1) is 0 Å². The average Bonchev–Trinajstić information content (AvgIpc) is 2.61. The minimum absolute atomic E-state index is 0.675. The maximum Gasteiger partial charge on any atom is 0.224 e. The average molecular weight is 304 g/mol. The third kappa shape index (κ3) is 4.18. The number of morpholine rings is 1. The van der Waals surface area contributed by atoms with Gasteiger partial charge in [-0.05, 0) is 25.0 Å². The van der Waals surface area contributed by atoms with E-state index in [0.717, 1.165) is 70.2 Å². The van der Waals surface area contributed by atoms with E-state index in [-0.39, 0.29) is 0 Å². The normalized spacial score (nSPS) is 19.4. The van der Waals surface area contributed by atoms with E-state index in [0.29, 0.717) is 12.5 Å². The highest BCUT2D eigenvalue weighted by Gasteiger charge is 2.14. The van der Waals surface area contributed by atoms with E-state index in [4.69, 9.17) is 9.47 Å². The zero-order chi connectivity index (χ0) is 15.0. The number of hydrogen-bond donors (Lipinski definition) is 1. The van der Waals surface area contributed by atoms with Gasteiger partial charge in [0, 0.05) is 38.9 Å². The fourth-order valence-electron chi connectivity index (χ4n) is 2.68. The molecule has 22 heavy (non-hydrogen) atoms. The van der Waals surface area contributed by atoms with Crippen molar-refractivity contribution in [1.29, 1.82) is 0 Å². The summed E-state index contributed by atoms with van der Waals surface area (Å²) in [7, 11) is 0. The summed E-state index contributed by atoms with van der Waals surface area (Å²) in [6.45, 7) is 7.29. The molecule has 0 amide bonds. The number of nitrogens with zero attached hydrogens (tertiary/aromatic N) is 3. The summed E-state index contributed by atoms with van der Waals surface area (Å²) in [6.07, 6.45) is 3.85. The van der Waals surface area contributed by atoms with Crippen LogP contribution in [0.5, 0.6) is 5.88 Å². The molecule has 0 radical (unpaired) electrons. The Balaban J connectivity index is 1.50.